The first-order valence-electron chi connectivity index (χ1n) is 11.0. The maximum atomic E-state index is 13.3. The van der Waals surface area contributed by atoms with Crippen LogP contribution in [0.2, 0.25) is 0 Å². The number of carbonyl (C=O) groups is 2. The molecule has 0 saturated carbocycles. The summed E-state index contributed by atoms with van der Waals surface area (Å²) >= 11 is 2.98. The van der Waals surface area contributed by atoms with Crippen LogP contribution in [0.15, 0.2) is 84.9 Å². The van der Waals surface area contributed by atoms with E-state index in [4.69, 9.17) is 9.47 Å². The van der Waals surface area contributed by atoms with Gasteiger partial charge in [0.15, 0.2) is 11.0 Å². The first kappa shape index (κ1) is 23.0. The van der Waals surface area contributed by atoms with Gasteiger partial charge in [0.25, 0.3) is 0 Å². The molecule has 0 bridgehead atoms. The van der Waals surface area contributed by atoms with Crippen LogP contribution in [0, 0.1) is 5.92 Å². The number of anilines is 1. The lowest BCUT2D eigenvalue weighted by Crippen LogP contribution is -2.36. The fourth-order valence-electron chi connectivity index (χ4n) is 3.86. The third-order valence-electron chi connectivity index (χ3n) is 5.59. The number of thiazole rings is 1. The molecule has 3 aromatic carbocycles. The van der Waals surface area contributed by atoms with E-state index in [1.165, 1.54) is 29.8 Å². The van der Waals surface area contributed by atoms with E-state index in [2.05, 4.69) is 10.3 Å². The number of hydrogen-bond donors (Lipinski definition) is 1. The van der Waals surface area contributed by atoms with Gasteiger partial charge in [0.05, 0.1) is 23.4 Å². The summed E-state index contributed by atoms with van der Waals surface area (Å²) in [5, 5.41) is 5.00. The highest BCUT2D eigenvalue weighted by molar-refractivity contribution is 7.22. The zero-order valence-electron chi connectivity index (χ0n) is 18.8. The SMILES string of the molecule is COC(=O)C(C(=O)OCc1ccccc1)[C@@H](Nc1nc2ccccc2s1)c1cc2ccccc2s1. The van der Waals surface area contributed by atoms with E-state index in [0.29, 0.717) is 5.13 Å². The summed E-state index contributed by atoms with van der Waals surface area (Å²) < 4.78 is 12.7. The number of fused-ring (bicyclic) bond motifs is 2. The Morgan fingerprint density at radius 2 is 1.60 bits per heavy atom. The van der Waals surface area contributed by atoms with Crippen molar-refractivity contribution in [2.45, 2.75) is 12.6 Å². The second kappa shape index (κ2) is 10.2. The Balaban J connectivity index is 1.52. The smallest absolute Gasteiger partial charge is 0.323 e. The lowest BCUT2D eigenvalue weighted by Gasteiger charge is -2.24. The number of hydrogen-bond acceptors (Lipinski definition) is 8. The third kappa shape index (κ3) is 5.03. The van der Waals surface area contributed by atoms with Crippen LogP contribution in [0.4, 0.5) is 5.13 Å². The topological polar surface area (TPSA) is 77.5 Å². The summed E-state index contributed by atoms with van der Waals surface area (Å²) in [6.45, 7) is 0.0629. The van der Waals surface area contributed by atoms with Crippen LogP contribution < -0.4 is 5.32 Å². The molecule has 176 valence electrons. The van der Waals surface area contributed by atoms with Crippen molar-refractivity contribution < 1.29 is 19.1 Å². The highest BCUT2D eigenvalue weighted by Crippen LogP contribution is 2.38. The van der Waals surface area contributed by atoms with Crippen LogP contribution in [-0.4, -0.2) is 24.0 Å². The number of para-hydroxylation sites is 1. The van der Waals surface area contributed by atoms with Crippen LogP contribution in [0.1, 0.15) is 16.5 Å². The minimum absolute atomic E-state index is 0.0629. The summed E-state index contributed by atoms with van der Waals surface area (Å²) in [6.07, 6.45) is 0. The van der Waals surface area contributed by atoms with Gasteiger partial charge in [0.2, 0.25) is 0 Å². The molecule has 0 saturated heterocycles. The minimum atomic E-state index is -1.22. The maximum absolute atomic E-state index is 13.3. The standard InChI is InChI=1S/C27H22N2O4S2/c1-32-25(30)23(26(31)33-16-17-9-3-2-4-10-17)24(22-15-18-11-5-7-13-20(18)34-22)29-27-28-19-12-6-8-14-21(19)35-27/h2-15,23-24H,16H2,1H3,(H,28,29)/t23?,24-/m0/s1. The van der Waals surface area contributed by atoms with E-state index in [1.54, 1.807) is 0 Å². The number of thiophene rings is 1. The minimum Gasteiger partial charge on any atom is -0.468 e. The van der Waals surface area contributed by atoms with Crippen molar-refractivity contribution in [3.63, 3.8) is 0 Å². The number of nitrogens with zero attached hydrogens (tertiary/aromatic N) is 1. The fraction of sp³-hybridized carbons (Fsp3) is 0.148. The number of nitrogens with one attached hydrogen (secondary N) is 1. The van der Waals surface area contributed by atoms with Crippen LogP contribution in [-0.2, 0) is 25.7 Å². The van der Waals surface area contributed by atoms with Gasteiger partial charge in [-0.3, -0.25) is 9.59 Å². The zero-order chi connectivity index (χ0) is 24.2. The zero-order valence-corrected chi connectivity index (χ0v) is 20.5. The molecule has 5 rings (SSSR count). The molecule has 8 heteroatoms. The molecule has 35 heavy (non-hydrogen) atoms. The molecule has 0 spiro atoms. The van der Waals surface area contributed by atoms with E-state index < -0.39 is 23.9 Å². The number of aromatic nitrogens is 1. The molecule has 0 radical (unpaired) electrons. The predicted molar refractivity (Wildman–Crippen MR) is 140 cm³/mol. The number of rotatable bonds is 8. The molecule has 0 aliphatic carbocycles. The number of ether oxygens (including phenoxy) is 2. The quantitative estimate of drug-likeness (QED) is 0.201. The van der Waals surface area contributed by atoms with E-state index in [1.807, 2.05) is 84.9 Å². The molecule has 0 amide bonds. The number of benzene rings is 3. The molecule has 6 nitrogen and oxygen atoms in total. The number of carbonyl (C=O) groups excluding carboxylic acids is 2. The van der Waals surface area contributed by atoms with E-state index >= 15 is 0 Å². The van der Waals surface area contributed by atoms with Gasteiger partial charge < -0.3 is 14.8 Å². The van der Waals surface area contributed by atoms with Crippen LogP contribution in [0.25, 0.3) is 20.3 Å². The van der Waals surface area contributed by atoms with Crippen LogP contribution in [0.5, 0.6) is 0 Å². The lowest BCUT2D eigenvalue weighted by molar-refractivity contribution is -0.162. The lowest BCUT2D eigenvalue weighted by atomic mass is 9.98. The molecule has 0 aliphatic rings. The largest absolute Gasteiger partial charge is 0.468 e. The van der Waals surface area contributed by atoms with Crippen molar-refractivity contribution >= 4 is 60.0 Å². The maximum Gasteiger partial charge on any atom is 0.323 e. The average Bonchev–Trinajstić information content (AvgIpc) is 3.51. The molecular formula is C27H22N2O4S2. The molecular weight excluding hydrogens is 480 g/mol. The molecule has 2 atom stereocenters. The Morgan fingerprint density at radius 1 is 0.886 bits per heavy atom. The molecule has 1 N–H and O–H groups in total. The van der Waals surface area contributed by atoms with Crippen molar-refractivity contribution in [3.05, 3.63) is 95.4 Å². The van der Waals surface area contributed by atoms with E-state index in [0.717, 1.165) is 30.7 Å². The van der Waals surface area contributed by atoms with Gasteiger partial charge in [-0.25, -0.2) is 4.98 Å². The van der Waals surface area contributed by atoms with E-state index in [9.17, 15) is 9.59 Å². The molecule has 0 aliphatic heterocycles. The van der Waals surface area contributed by atoms with Crippen molar-refractivity contribution in [3.8, 4) is 0 Å². The Morgan fingerprint density at radius 3 is 2.34 bits per heavy atom. The van der Waals surface area contributed by atoms with Gasteiger partial charge in [-0.15, -0.1) is 11.3 Å². The summed E-state index contributed by atoms with van der Waals surface area (Å²) in [7, 11) is 1.28. The number of esters is 2. The van der Waals surface area contributed by atoms with E-state index in [-0.39, 0.29) is 6.61 Å². The van der Waals surface area contributed by atoms with Crippen LogP contribution >= 0.6 is 22.7 Å². The third-order valence-corrected chi connectivity index (χ3v) is 7.76. The van der Waals surface area contributed by atoms with Crippen molar-refractivity contribution in [1.29, 1.82) is 0 Å². The van der Waals surface area contributed by atoms with Gasteiger partial charge in [0, 0.05) is 9.58 Å². The van der Waals surface area contributed by atoms with Gasteiger partial charge in [-0.2, -0.15) is 0 Å². The van der Waals surface area contributed by atoms with Gasteiger partial charge >= 0.3 is 11.9 Å². The average molecular weight is 503 g/mol. The summed E-state index contributed by atoms with van der Waals surface area (Å²) in [5.74, 6) is -2.54. The molecule has 2 heterocycles. The summed E-state index contributed by atoms with van der Waals surface area (Å²) in [5.41, 5.74) is 1.68. The molecule has 0 fully saturated rings. The molecule has 2 aromatic heterocycles. The van der Waals surface area contributed by atoms with Crippen molar-refractivity contribution in [1.82, 2.24) is 4.98 Å². The Kier molecular flexibility index (Phi) is 6.74. The Hall–Kier alpha value is -3.75. The second-order valence-corrected chi connectivity index (χ2v) is 10.0. The number of methoxy groups -OCH3 is 1. The predicted octanol–water partition coefficient (Wildman–Crippen LogP) is 6.20. The van der Waals surface area contributed by atoms with Crippen molar-refractivity contribution in [2.75, 3.05) is 12.4 Å². The molecule has 5 aromatic rings. The van der Waals surface area contributed by atoms with Gasteiger partial charge in [-0.1, -0.05) is 72.0 Å². The first-order valence-corrected chi connectivity index (χ1v) is 12.6. The Bertz CT molecular complexity index is 1410. The van der Waals surface area contributed by atoms with Gasteiger partial charge in [0.1, 0.15) is 6.61 Å². The summed E-state index contributed by atoms with van der Waals surface area (Å²) in [6, 6.07) is 26.4. The summed E-state index contributed by atoms with van der Waals surface area (Å²) in [4.78, 5) is 31.8. The monoisotopic (exact) mass is 502 g/mol. The fourth-order valence-corrected chi connectivity index (χ4v) is 5.91. The normalized spacial score (nSPS) is 12.8. The first-order chi connectivity index (χ1) is 17.1. The second-order valence-electron chi connectivity index (χ2n) is 7.89. The molecule has 1 unspecified atom stereocenters. The highest BCUT2D eigenvalue weighted by Gasteiger charge is 2.40. The van der Waals surface area contributed by atoms with Crippen LogP contribution in [0.3, 0.4) is 0 Å². The van der Waals surface area contributed by atoms with Gasteiger partial charge in [-0.05, 0) is 35.2 Å². The van der Waals surface area contributed by atoms with Crippen molar-refractivity contribution in [2.24, 2.45) is 5.92 Å². The Labute approximate surface area is 210 Å². The highest BCUT2D eigenvalue weighted by atomic mass is 32.1.